The average molecular weight is 202 g/mol. The van der Waals surface area contributed by atoms with Gasteiger partial charge in [-0.1, -0.05) is 19.3 Å². The fourth-order valence-corrected chi connectivity index (χ4v) is 2.26. The number of hydrogen-bond acceptors (Lipinski definition) is 2. The van der Waals surface area contributed by atoms with Gasteiger partial charge in [-0.15, -0.1) is 0 Å². The number of pyridine rings is 1. The van der Waals surface area contributed by atoms with Crippen LogP contribution in [0.25, 0.3) is 0 Å². The highest BCUT2D eigenvalue weighted by Gasteiger charge is 2.16. The molecule has 1 heterocycles. The zero-order valence-corrected chi connectivity index (χ0v) is 8.62. The minimum absolute atomic E-state index is 0.234. The molecule has 1 aliphatic rings. The van der Waals surface area contributed by atoms with Crippen LogP contribution in [0.2, 0.25) is 0 Å². The maximum atomic E-state index is 11.2. The smallest absolute Gasteiger partial charge is 0.265 e. The van der Waals surface area contributed by atoms with E-state index in [4.69, 9.17) is 5.26 Å². The first-order valence-electron chi connectivity index (χ1n) is 5.44. The van der Waals surface area contributed by atoms with E-state index < -0.39 is 0 Å². The van der Waals surface area contributed by atoms with Gasteiger partial charge in [-0.25, -0.2) is 0 Å². The Labute approximate surface area is 88.8 Å². The molecule has 0 bridgehead atoms. The third-order valence-corrected chi connectivity index (χ3v) is 3.12. The molecule has 1 fully saturated rings. The van der Waals surface area contributed by atoms with E-state index in [2.05, 4.69) is 4.98 Å². The number of nitriles is 1. The van der Waals surface area contributed by atoms with Crippen LogP contribution in [0, 0.1) is 11.3 Å². The molecule has 3 nitrogen and oxygen atoms in total. The van der Waals surface area contributed by atoms with Crippen molar-refractivity contribution in [1.29, 1.82) is 5.26 Å². The first kappa shape index (κ1) is 9.97. The Hall–Kier alpha value is -1.56. The van der Waals surface area contributed by atoms with Gasteiger partial charge in [-0.05, 0) is 30.4 Å². The molecule has 0 aromatic carbocycles. The predicted molar refractivity (Wildman–Crippen MR) is 57.6 cm³/mol. The molecule has 1 saturated carbocycles. The van der Waals surface area contributed by atoms with E-state index in [-0.39, 0.29) is 11.1 Å². The molecule has 3 heteroatoms. The zero-order valence-electron chi connectivity index (χ0n) is 8.62. The SMILES string of the molecule is N#Cc1cc(C2CCCCC2)c[nH]c1=O. The molecule has 0 amide bonds. The van der Waals surface area contributed by atoms with Crippen LogP contribution in [0.1, 0.15) is 49.1 Å². The van der Waals surface area contributed by atoms with E-state index in [0.29, 0.717) is 5.92 Å². The van der Waals surface area contributed by atoms with Crippen LogP contribution in [-0.2, 0) is 0 Å². The second-order valence-electron chi connectivity index (χ2n) is 4.12. The topological polar surface area (TPSA) is 56.6 Å². The monoisotopic (exact) mass is 202 g/mol. The van der Waals surface area contributed by atoms with Gasteiger partial charge < -0.3 is 4.98 Å². The number of H-pyrrole nitrogens is 1. The van der Waals surface area contributed by atoms with Crippen molar-refractivity contribution in [3.63, 3.8) is 0 Å². The van der Waals surface area contributed by atoms with Crippen LogP contribution in [0.5, 0.6) is 0 Å². The summed E-state index contributed by atoms with van der Waals surface area (Å²) in [6.07, 6.45) is 7.94. The molecule has 1 aromatic heterocycles. The van der Waals surface area contributed by atoms with Crippen molar-refractivity contribution in [2.24, 2.45) is 0 Å². The zero-order chi connectivity index (χ0) is 10.7. The summed E-state index contributed by atoms with van der Waals surface area (Å²) in [5.41, 5.74) is 1.07. The second-order valence-corrected chi connectivity index (χ2v) is 4.12. The molecule has 1 aromatic rings. The van der Waals surface area contributed by atoms with Crippen molar-refractivity contribution in [3.8, 4) is 6.07 Å². The lowest BCUT2D eigenvalue weighted by molar-refractivity contribution is 0.442. The Morgan fingerprint density at radius 3 is 2.73 bits per heavy atom. The fraction of sp³-hybridized carbons (Fsp3) is 0.500. The minimum atomic E-state index is -0.281. The van der Waals surface area contributed by atoms with Gasteiger partial charge in [0.05, 0.1) is 0 Å². The van der Waals surface area contributed by atoms with Crippen LogP contribution in [0.4, 0.5) is 0 Å². The Morgan fingerprint density at radius 2 is 2.07 bits per heavy atom. The average Bonchev–Trinajstić information content (AvgIpc) is 2.31. The lowest BCUT2D eigenvalue weighted by Crippen LogP contribution is -2.13. The third-order valence-electron chi connectivity index (χ3n) is 3.12. The van der Waals surface area contributed by atoms with E-state index in [1.807, 2.05) is 6.07 Å². The number of nitrogens with zero attached hydrogens (tertiary/aromatic N) is 1. The van der Waals surface area contributed by atoms with Crippen molar-refractivity contribution in [3.05, 3.63) is 33.7 Å². The maximum Gasteiger partial charge on any atom is 0.265 e. The summed E-state index contributed by atoms with van der Waals surface area (Å²) in [5.74, 6) is 0.530. The minimum Gasteiger partial charge on any atom is -0.328 e. The van der Waals surface area contributed by atoms with Gasteiger partial charge in [0.2, 0.25) is 0 Å². The van der Waals surface area contributed by atoms with E-state index in [0.717, 1.165) is 5.56 Å². The Balaban J connectivity index is 2.29. The number of aromatic amines is 1. The molecule has 0 radical (unpaired) electrons. The van der Waals surface area contributed by atoms with Crippen molar-refractivity contribution in [2.75, 3.05) is 0 Å². The molecular weight excluding hydrogens is 188 g/mol. The summed E-state index contributed by atoms with van der Waals surface area (Å²) in [6.45, 7) is 0. The largest absolute Gasteiger partial charge is 0.328 e. The van der Waals surface area contributed by atoms with E-state index in [9.17, 15) is 4.79 Å². The second kappa shape index (κ2) is 4.31. The molecule has 15 heavy (non-hydrogen) atoms. The number of aromatic nitrogens is 1. The summed E-state index contributed by atoms with van der Waals surface area (Å²) in [7, 11) is 0. The van der Waals surface area contributed by atoms with E-state index in [1.54, 1.807) is 12.3 Å². The lowest BCUT2D eigenvalue weighted by Gasteiger charge is -2.21. The molecule has 0 spiro atoms. The van der Waals surface area contributed by atoms with Crippen molar-refractivity contribution < 1.29 is 0 Å². The molecule has 0 atom stereocenters. The molecule has 1 aliphatic carbocycles. The van der Waals surface area contributed by atoms with Gasteiger partial charge in [0.15, 0.2) is 0 Å². The van der Waals surface area contributed by atoms with Crippen molar-refractivity contribution in [1.82, 2.24) is 4.98 Å². The van der Waals surface area contributed by atoms with E-state index >= 15 is 0 Å². The van der Waals surface area contributed by atoms with E-state index in [1.165, 1.54) is 32.1 Å². The summed E-state index contributed by atoms with van der Waals surface area (Å²) >= 11 is 0. The molecule has 0 unspecified atom stereocenters. The van der Waals surface area contributed by atoms with Crippen LogP contribution < -0.4 is 5.56 Å². The summed E-state index contributed by atoms with van der Waals surface area (Å²) in [5, 5.41) is 8.77. The molecule has 1 N–H and O–H groups in total. The standard InChI is InChI=1S/C12H14N2O/c13-7-10-6-11(8-14-12(10)15)9-4-2-1-3-5-9/h6,8-9H,1-5H2,(H,14,15). The molecule has 0 saturated heterocycles. The van der Waals surface area contributed by atoms with Gasteiger partial charge >= 0.3 is 0 Å². The van der Waals surface area contributed by atoms with Crippen LogP contribution >= 0.6 is 0 Å². The van der Waals surface area contributed by atoms with Crippen LogP contribution in [0.15, 0.2) is 17.1 Å². The number of nitrogens with one attached hydrogen (secondary N) is 1. The van der Waals surface area contributed by atoms with Gasteiger partial charge in [-0.3, -0.25) is 4.79 Å². The third kappa shape index (κ3) is 2.10. The van der Waals surface area contributed by atoms with Crippen molar-refractivity contribution >= 4 is 0 Å². The Morgan fingerprint density at radius 1 is 1.33 bits per heavy atom. The molecular formula is C12H14N2O. The molecule has 78 valence electrons. The van der Waals surface area contributed by atoms with Crippen LogP contribution in [0.3, 0.4) is 0 Å². The van der Waals surface area contributed by atoms with Crippen molar-refractivity contribution in [2.45, 2.75) is 38.0 Å². The van der Waals surface area contributed by atoms with Gasteiger partial charge in [0.1, 0.15) is 11.6 Å². The quantitative estimate of drug-likeness (QED) is 0.759. The highest BCUT2D eigenvalue weighted by molar-refractivity contribution is 5.31. The summed E-state index contributed by atoms with van der Waals surface area (Å²) < 4.78 is 0. The Bertz CT molecular complexity index is 436. The molecule has 2 rings (SSSR count). The van der Waals surface area contributed by atoms with Crippen LogP contribution in [-0.4, -0.2) is 4.98 Å². The number of hydrogen-bond donors (Lipinski definition) is 1. The first-order chi connectivity index (χ1) is 7.31. The van der Waals surface area contributed by atoms with Gasteiger partial charge in [0, 0.05) is 6.20 Å². The predicted octanol–water partition coefficient (Wildman–Crippen LogP) is 2.29. The lowest BCUT2D eigenvalue weighted by atomic mass is 9.84. The van der Waals surface area contributed by atoms with Gasteiger partial charge in [-0.2, -0.15) is 5.26 Å². The normalized spacial score (nSPS) is 17.3. The number of rotatable bonds is 1. The Kier molecular flexibility index (Phi) is 2.86. The van der Waals surface area contributed by atoms with Gasteiger partial charge in [0.25, 0.3) is 5.56 Å². The summed E-state index contributed by atoms with van der Waals surface area (Å²) in [6, 6.07) is 3.68. The highest BCUT2D eigenvalue weighted by Crippen LogP contribution is 2.31. The fourth-order valence-electron chi connectivity index (χ4n) is 2.26. The highest BCUT2D eigenvalue weighted by atomic mass is 16.1. The maximum absolute atomic E-state index is 11.2. The summed E-state index contributed by atoms with van der Waals surface area (Å²) in [4.78, 5) is 13.8. The molecule has 0 aliphatic heterocycles. The first-order valence-corrected chi connectivity index (χ1v) is 5.44.